The standard InChI is InChI=1S/C17H22N2O3S/c1-13-11-16(8-9-17(13)22-3)23(20,21)19(14-6-7-14)12-15-5-4-10-18(15)2/h4-5,8-11,14H,6-7,12H2,1-3H3. The summed E-state index contributed by atoms with van der Waals surface area (Å²) < 4.78 is 35.0. The summed E-state index contributed by atoms with van der Waals surface area (Å²) in [6.45, 7) is 2.26. The minimum atomic E-state index is -3.51. The van der Waals surface area contributed by atoms with Crippen molar-refractivity contribution in [2.24, 2.45) is 7.05 Å². The lowest BCUT2D eigenvalue weighted by molar-refractivity contribution is 0.389. The lowest BCUT2D eigenvalue weighted by atomic mass is 10.2. The second kappa shape index (κ2) is 6.02. The average molecular weight is 334 g/mol. The van der Waals surface area contributed by atoms with Crippen LogP contribution in [0.4, 0.5) is 0 Å². The fourth-order valence-corrected chi connectivity index (χ4v) is 4.48. The zero-order valence-electron chi connectivity index (χ0n) is 13.7. The Morgan fingerprint density at radius 1 is 1.30 bits per heavy atom. The van der Waals surface area contributed by atoms with Crippen LogP contribution in [0, 0.1) is 6.92 Å². The Morgan fingerprint density at radius 2 is 2.04 bits per heavy atom. The maximum Gasteiger partial charge on any atom is 0.243 e. The fraction of sp³-hybridized carbons (Fsp3) is 0.412. The summed E-state index contributed by atoms with van der Waals surface area (Å²) in [5.74, 6) is 0.698. The summed E-state index contributed by atoms with van der Waals surface area (Å²) in [5, 5.41) is 0. The Balaban J connectivity index is 1.95. The predicted molar refractivity (Wildman–Crippen MR) is 88.9 cm³/mol. The van der Waals surface area contributed by atoms with E-state index < -0.39 is 10.0 Å². The zero-order valence-corrected chi connectivity index (χ0v) is 14.5. The quantitative estimate of drug-likeness (QED) is 0.816. The molecule has 23 heavy (non-hydrogen) atoms. The molecule has 1 heterocycles. The summed E-state index contributed by atoms with van der Waals surface area (Å²) in [4.78, 5) is 0.330. The van der Waals surface area contributed by atoms with Gasteiger partial charge in [-0.25, -0.2) is 8.42 Å². The van der Waals surface area contributed by atoms with Crippen molar-refractivity contribution in [3.05, 3.63) is 47.8 Å². The third kappa shape index (κ3) is 3.14. The van der Waals surface area contributed by atoms with E-state index in [1.165, 1.54) is 0 Å². The van der Waals surface area contributed by atoms with Gasteiger partial charge >= 0.3 is 0 Å². The minimum absolute atomic E-state index is 0.109. The summed E-state index contributed by atoms with van der Waals surface area (Å²) in [6, 6.07) is 9.04. The van der Waals surface area contributed by atoms with Gasteiger partial charge in [0, 0.05) is 25.0 Å². The van der Waals surface area contributed by atoms with Gasteiger partial charge in [-0.15, -0.1) is 0 Å². The van der Waals surface area contributed by atoms with Crippen LogP contribution in [0.3, 0.4) is 0 Å². The Morgan fingerprint density at radius 3 is 2.57 bits per heavy atom. The maximum atomic E-state index is 13.1. The van der Waals surface area contributed by atoms with Crippen molar-refractivity contribution in [1.29, 1.82) is 0 Å². The van der Waals surface area contributed by atoms with Crippen LogP contribution in [0.15, 0.2) is 41.4 Å². The molecule has 3 rings (SSSR count). The molecule has 1 aromatic carbocycles. The molecule has 0 bridgehead atoms. The zero-order chi connectivity index (χ0) is 16.6. The monoisotopic (exact) mass is 334 g/mol. The van der Waals surface area contributed by atoms with Crippen LogP contribution in [-0.4, -0.2) is 30.4 Å². The highest BCUT2D eigenvalue weighted by molar-refractivity contribution is 7.89. The molecule has 0 aliphatic heterocycles. The molecular formula is C17H22N2O3S. The van der Waals surface area contributed by atoms with Crippen molar-refractivity contribution in [3.63, 3.8) is 0 Å². The van der Waals surface area contributed by atoms with Gasteiger partial charge in [0.15, 0.2) is 0 Å². The molecule has 0 unspecified atom stereocenters. The van der Waals surface area contributed by atoms with Crippen LogP contribution in [0.5, 0.6) is 5.75 Å². The molecule has 1 aromatic heterocycles. The van der Waals surface area contributed by atoms with Gasteiger partial charge in [-0.1, -0.05) is 0 Å². The summed E-state index contributed by atoms with van der Waals surface area (Å²) in [5.41, 5.74) is 1.81. The second-order valence-corrected chi connectivity index (χ2v) is 7.91. The minimum Gasteiger partial charge on any atom is -0.496 e. The molecule has 0 radical (unpaired) electrons. The van der Waals surface area contributed by atoms with Crippen LogP contribution in [-0.2, 0) is 23.6 Å². The smallest absolute Gasteiger partial charge is 0.243 e. The van der Waals surface area contributed by atoms with E-state index in [4.69, 9.17) is 4.74 Å². The van der Waals surface area contributed by atoms with Crippen molar-refractivity contribution < 1.29 is 13.2 Å². The first-order valence-corrected chi connectivity index (χ1v) is 9.14. The van der Waals surface area contributed by atoms with Gasteiger partial charge in [-0.3, -0.25) is 0 Å². The Labute approximate surface area is 137 Å². The number of hydrogen-bond donors (Lipinski definition) is 0. The summed E-state index contributed by atoms with van der Waals surface area (Å²) >= 11 is 0. The average Bonchev–Trinajstić information content (AvgIpc) is 3.27. The lowest BCUT2D eigenvalue weighted by Gasteiger charge is -2.22. The Kier molecular flexibility index (Phi) is 4.21. The van der Waals surface area contributed by atoms with Crippen LogP contribution in [0.1, 0.15) is 24.1 Å². The van der Waals surface area contributed by atoms with Crippen molar-refractivity contribution in [2.45, 2.75) is 37.2 Å². The van der Waals surface area contributed by atoms with Gasteiger partial charge in [0.05, 0.1) is 18.6 Å². The van der Waals surface area contributed by atoms with Crippen LogP contribution in [0.2, 0.25) is 0 Å². The van der Waals surface area contributed by atoms with Crippen molar-refractivity contribution >= 4 is 10.0 Å². The molecule has 0 saturated heterocycles. The molecule has 1 aliphatic rings. The van der Waals surface area contributed by atoms with E-state index in [0.29, 0.717) is 17.2 Å². The second-order valence-electron chi connectivity index (χ2n) is 6.02. The predicted octanol–water partition coefficient (Wildman–Crippen LogP) is 2.70. The maximum absolute atomic E-state index is 13.1. The Hall–Kier alpha value is -1.79. The van der Waals surface area contributed by atoms with Crippen LogP contribution < -0.4 is 4.74 Å². The lowest BCUT2D eigenvalue weighted by Crippen LogP contribution is -2.33. The van der Waals surface area contributed by atoms with E-state index in [1.807, 2.05) is 36.9 Å². The molecule has 1 fully saturated rings. The number of methoxy groups -OCH3 is 1. The normalized spacial score (nSPS) is 15.1. The van der Waals surface area contributed by atoms with E-state index >= 15 is 0 Å². The molecule has 6 heteroatoms. The van der Waals surface area contributed by atoms with E-state index in [0.717, 1.165) is 24.1 Å². The van der Waals surface area contributed by atoms with Crippen LogP contribution >= 0.6 is 0 Å². The van der Waals surface area contributed by atoms with Gasteiger partial charge in [0.25, 0.3) is 0 Å². The largest absolute Gasteiger partial charge is 0.496 e. The number of benzene rings is 1. The van der Waals surface area contributed by atoms with E-state index in [1.54, 1.807) is 29.6 Å². The molecule has 0 atom stereocenters. The third-order valence-corrected chi connectivity index (χ3v) is 6.19. The van der Waals surface area contributed by atoms with E-state index in [2.05, 4.69) is 0 Å². The molecule has 124 valence electrons. The highest BCUT2D eigenvalue weighted by Gasteiger charge is 2.38. The molecule has 5 nitrogen and oxygen atoms in total. The first kappa shape index (κ1) is 16.1. The van der Waals surface area contributed by atoms with Crippen LogP contribution in [0.25, 0.3) is 0 Å². The van der Waals surface area contributed by atoms with Gasteiger partial charge in [-0.05, 0) is 55.7 Å². The topological polar surface area (TPSA) is 51.5 Å². The number of rotatable bonds is 6. The van der Waals surface area contributed by atoms with Gasteiger partial charge in [0.1, 0.15) is 5.75 Å². The molecular weight excluding hydrogens is 312 g/mol. The Bertz CT molecular complexity index is 807. The molecule has 1 saturated carbocycles. The number of hydrogen-bond acceptors (Lipinski definition) is 3. The molecule has 0 N–H and O–H groups in total. The van der Waals surface area contributed by atoms with Crippen molar-refractivity contribution in [2.75, 3.05) is 7.11 Å². The summed E-state index contributed by atoms with van der Waals surface area (Å²) in [7, 11) is 0.00710. The number of aryl methyl sites for hydroxylation is 2. The first-order valence-electron chi connectivity index (χ1n) is 7.70. The highest BCUT2D eigenvalue weighted by Crippen LogP contribution is 2.34. The highest BCUT2D eigenvalue weighted by atomic mass is 32.2. The number of sulfonamides is 1. The van der Waals surface area contributed by atoms with Gasteiger partial charge in [-0.2, -0.15) is 4.31 Å². The third-order valence-electron chi connectivity index (χ3n) is 4.30. The molecule has 0 spiro atoms. The number of aromatic nitrogens is 1. The van der Waals surface area contributed by atoms with Gasteiger partial charge < -0.3 is 9.30 Å². The first-order chi connectivity index (χ1) is 10.9. The molecule has 1 aliphatic carbocycles. The number of ether oxygens (including phenoxy) is 1. The van der Waals surface area contributed by atoms with E-state index in [-0.39, 0.29) is 6.04 Å². The SMILES string of the molecule is COc1ccc(S(=O)(=O)N(Cc2cccn2C)C2CC2)cc1C. The van der Waals surface area contributed by atoms with E-state index in [9.17, 15) is 8.42 Å². The number of nitrogens with zero attached hydrogens (tertiary/aromatic N) is 2. The van der Waals surface area contributed by atoms with Gasteiger partial charge in [0.2, 0.25) is 10.0 Å². The molecule has 2 aromatic rings. The van der Waals surface area contributed by atoms with Crippen molar-refractivity contribution in [1.82, 2.24) is 8.87 Å². The molecule has 0 amide bonds. The van der Waals surface area contributed by atoms with Crippen molar-refractivity contribution in [3.8, 4) is 5.75 Å². The fourth-order valence-electron chi connectivity index (χ4n) is 2.74. The summed E-state index contributed by atoms with van der Waals surface area (Å²) in [6.07, 6.45) is 3.79.